The fourth-order valence-electron chi connectivity index (χ4n) is 3.31. The molecule has 6 nitrogen and oxygen atoms in total. The van der Waals surface area contributed by atoms with Crippen LogP contribution in [0, 0.1) is 0 Å². The molecule has 0 amide bonds. The van der Waals surface area contributed by atoms with Gasteiger partial charge in [0, 0.05) is 42.8 Å². The highest BCUT2D eigenvalue weighted by molar-refractivity contribution is 7.98. The predicted molar refractivity (Wildman–Crippen MR) is 118 cm³/mol. The van der Waals surface area contributed by atoms with E-state index in [0.29, 0.717) is 6.61 Å². The molecule has 29 heavy (non-hydrogen) atoms. The number of imidazole rings is 1. The third kappa shape index (κ3) is 4.93. The van der Waals surface area contributed by atoms with Gasteiger partial charge in [0.05, 0.1) is 18.9 Å². The highest BCUT2D eigenvalue weighted by Gasteiger charge is 2.12. The average molecular weight is 411 g/mol. The molecule has 2 N–H and O–H groups in total. The molecule has 1 aromatic heterocycles. The second kappa shape index (κ2) is 9.35. The van der Waals surface area contributed by atoms with Gasteiger partial charge in [-0.2, -0.15) is 0 Å². The molecule has 0 radical (unpaired) electrons. The number of anilines is 1. The van der Waals surface area contributed by atoms with E-state index in [1.54, 1.807) is 11.8 Å². The molecule has 7 heteroatoms. The van der Waals surface area contributed by atoms with Crippen molar-refractivity contribution in [3.05, 3.63) is 54.7 Å². The minimum atomic E-state index is 0.682. The number of ether oxygens (including phenoxy) is 2. The van der Waals surface area contributed by atoms with Crippen molar-refractivity contribution >= 4 is 17.4 Å². The standard InChI is InChI=1S/C22H26N4O2S/c1-29-22-24-21(17-2-4-18(23)5-3-17)16-26(22)19-6-8-20(9-7-19)28-15-12-25-10-13-27-14-11-25/h2-9,16H,10-15,23H2,1H3. The summed E-state index contributed by atoms with van der Waals surface area (Å²) in [5.41, 5.74) is 9.59. The van der Waals surface area contributed by atoms with Gasteiger partial charge >= 0.3 is 0 Å². The fourth-order valence-corrected chi connectivity index (χ4v) is 3.85. The van der Waals surface area contributed by atoms with E-state index in [-0.39, 0.29) is 0 Å². The molecule has 0 aliphatic carbocycles. The van der Waals surface area contributed by atoms with Gasteiger partial charge in [0.1, 0.15) is 12.4 Å². The van der Waals surface area contributed by atoms with Crippen LogP contribution in [0.25, 0.3) is 16.9 Å². The summed E-state index contributed by atoms with van der Waals surface area (Å²) < 4.78 is 13.4. The van der Waals surface area contributed by atoms with E-state index in [2.05, 4.69) is 27.8 Å². The van der Waals surface area contributed by atoms with Crippen molar-refractivity contribution in [1.29, 1.82) is 0 Å². The molecule has 0 saturated carbocycles. The summed E-state index contributed by atoms with van der Waals surface area (Å²) in [4.78, 5) is 7.13. The first-order valence-corrected chi connectivity index (χ1v) is 11.0. The van der Waals surface area contributed by atoms with Crippen LogP contribution < -0.4 is 10.5 Å². The Kier molecular flexibility index (Phi) is 6.39. The maximum absolute atomic E-state index is 5.92. The van der Waals surface area contributed by atoms with Gasteiger partial charge in [0.2, 0.25) is 0 Å². The average Bonchev–Trinajstić information content (AvgIpc) is 3.20. The zero-order chi connectivity index (χ0) is 20.1. The normalized spacial score (nSPS) is 14.8. The molecule has 1 aliphatic rings. The number of hydrogen-bond donors (Lipinski definition) is 1. The fraction of sp³-hybridized carbons (Fsp3) is 0.318. The van der Waals surface area contributed by atoms with E-state index in [4.69, 9.17) is 20.2 Å². The Hall–Kier alpha value is -2.48. The molecule has 0 spiro atoms. The molecule has 2 heterocycles. The first-order valence-electron chi connectivity index (χ1n) is 9.75. The number of nitrogen functional groups attached to an aromatic ring is 1. The molecule has 2 aromatic carbocycles. The van der Waals surface area contributed by atoms with Gasteiger partial charge in [-0.05, 0) is 42.7 Å². The maximum atomic E-state index is 5.92. The van der Waals surface area contributed by atoms with Crippen LogP contribution in [-0.4, -0.2) is 60.2 Å². The van der Waals surface area contributed by atoms with Gasteiger partial charge in [-0.15, -0.1) is 0 Å². The Morgan fingerprint density at radius 3 is 2.48 bits per heavy atom. The summed E-state index contributed by atoms with van der Waals surface area (Å²) in [5, 5.41) is 0.942. The SMILES string of the molecule is CSc1nc(-c2ccc(N)cc2)cn1-c1ccc(OCCN2CCOCC2)cc1. The van der Waals surface area contributed by atoms with Crippen molar-refractivity contribution in [1.82, 2.24) is 14.5 Å². The first-order chi connectivity index (χ1) is 14.2. The van der Waals surface area contributed by atoms with E-state index < -0.39 is 0 Å². The number of morpholine rings is 1. The topological polar surface area (TPSA) is 65.5 Å². The van der Waals surface area contributed by atoms with Crippen LogP contribution in [-0.2, 0) is 4.74 Å². The predicted octanol–water partition coefficient (Wildman–Crippen LogP) is 3.55. The zero-order valence-corrected chi connectivity index (χ0v) is 17.4. The summed E-state index contributed by atoms with van der Waals surface area (Å²) >= 11 is 1.62. The van der Waals surface area contributed by atoms with Crippen LogP contribution in [0.3, 0.4) is 0 Å². The molecule has 4 rings (SSSR count). The highest BCUT2D eigenvalue weighted by Crippen LogP contribution is 2.27. The third-order valence-electron chi connectivity index (χ3n) is 4.96. The van der Waals surface area contributed by atoms with Crippen LogP contribution in [0.5, 0.6) is 5.75 Å². The molecule has 152 valence electrons. The quantitative estimate of drug-likeness (QED) is 0.475. The Labute approximate surface area is 175 Å². The zero-order valence-electron chi connectivity index (χ0n) is 16.6. The molecule has 1 saturated heterocycles. The summed E-state index contributed by atoms with van der Waals surface area (Å²) in [6.45, 7) is 5.20. The van der Waals surface area contributed by atoms with Crippen LogP contribution in [0.2, 0.25) is 0 Å². The van der Waals surface area contributed by atoms with Crippen molar-refractivity contribution in [2.24, 2.45) is 0 Å². The van der Waals surface area contributed by atoms with Crippen LogP contribution in [0.4, 0.5) is 5.69 Å². The molecule has 0 atom stereocenters. The second-order valence-electron chi connectivity index (χ2n) is 6.90. The Morgan fingerprint density at radius 1 is 1.07 bits per heavy atom. The lowest BCUT2D eigenvalue weighted by molar-refractivity contribution is 0.0322. The minimum absolute atomic E-state index is 0.682. The second-order valence-corrected chi connectivity index (χ2v) is 7.67. The molecule has 3 aromatic rings. The Bertz CT molecular complexity index is 919. The lowest BCUT2D eigenvalue weighted by Crippen LogP contribution is -2.38. The number of aromatic nitrogens is 2. The van der Waals surface area contributed by atoms with Crippen LogP contribution in [0.15, 0.2) is 59.9 Å². The summed E-state index contributed by atoms with van der Waals surface area (Å²) in [5.74, 6) is 0.881. The van der Waals surface area contributed by atoms with Crippen molar-refractivity contribution in [3.8, 4) is 22.7 Å². The van der Waals surface area contributed by atoms with E-state index in [9.17, 15) is 0 Å². The number of hydrogen-bond acceptors (Lipinski definition) is 6. The van der Waals surface area contributed by atoms with E-state index in [1.165, 1.54) is 0 Å². The number of nitrogens with zero attached hydrogens (tertiary/aromatic N) is 3. The molecular weight excluding hydrogens is 384 g/mol. The highest BCUT2D eigenvalue weighted by atomic mass is 32.2. The van der Waals surface area contributed by atoms with Crippen molar-refractivity contribution in [3.63, 3.8) is 0 Å². The lowest BCUT2D eigenvalue weighted by Gasteiger charge is -2.26. The van der Waals surface area contributed by atoms with E-state index >= 15 is 0 Å². The van der Waals surface area contributed by atoms with Crippen molar-refractivity contribution in [2.45, 2.75) is 5.16 Å². The molecular formula is C22H26N4O2S. The minimum Gasteiger partial charge on any atom is -0.492 e. The van der Waals surface area contributed by atoms with Crippen molar-refractivity contribution < 1.29 is 9.47 Å². The number of benzene rings is 2. The van der Waals surface area contributed by atoms with Gasteiger partial charge in [-0.3, -0.25) is 9.47 Å². The smallest absolute Gasteiger partial charge is 0.172 e. The largest absolute Gasteiger partial charge is 0.492 e. The Balaban J connectivity index is 1.43. The molecule has 0 unspecified atom stereocenters. The van der Waals surface area contributed by atoms with Gasteiger partial charge in [0.15, 0.2) is 5.16 Å². The van der Waals surface area contributed by atoms with E-state index in [0.717, 1.165) is 66.4 Å². The van der Waals surface area contributed by atoms with Crippen LogP contribution >= 0.6 is 11.8 Å². The van der Waals surface area contributed by atoms with Gasteiger partial charge < -0.3 is 15.2 Å². The van der Waals surface area contributed by atoms with Gasteiger partial charge in [-0.25, -0.2) is 4.98 Å². The van der Waals surface area contributed by atoms with Gasteiger partial charge in [-0.1, -0.05) is 23.9 Å². The van der Waals surface area contributed by atoms with Gasteiger partial charge in [0.25, 0.3) is 0 Å². The number of nitrogens with two attached hydrogens (primary N) is 1. The maximum Gasteiger partial charge on any atom is 0.172 e. The number of thioether (sulfide) groups is 1. The molecule has 0 bridgehead atoms. The third-order valence-corrected chi connectivity index (χ3v) is 5.61. The first kappa shape index (κ1) is 19.8. The lowest BCUT2D eigenvalue weighted by atomic mass is 10.1. The number of rotatable bonds is 7. The Morgan fingerprint density at radius 2 is 1.79 bits per heavy atom. The molecule has 1 fully saturated rings. The monoisotopic (exact) mass is 410 g/mol. The summed E-state index contributed by atoms with van der Waals surface area (Å²) in [6, 6.07) is 16.0. The van der Waals surface area contributed by atoms with Crippen LogP contribution in [0.1, 0.15) is 0 Å². The summed E-state index contributed by atoms with van der Waals surface area (Å²) in [7, 11) is 0. The molecule has 1 aliphatic heterocycles. The van der Waals surface area contributed by atoms with Crippen molar-refractivity contribution in [2.75, 3.05) is 51.4 Å². The van der Waals surface area contributed by atoms with E-state index in [1.807, 2.05) is 42.7 Å². The summed E-state index contributed by atoms with van der Waals surface area (Å²) in [6.07, 6.45) is 4.10.